The van der Waals surface area contributed by atoms with Crippen molar-refractivity contribution in [3.8, 4) is 5.75 Å². The van der Waals surface area contributed by atoms with Crippen LogP contribution in [0, 0.1) is 15.9 Å². The van der Waals surface area contributed by atoms with Crippen molar-refractivity contribution in [2.75, 3.05) is 0 Å². The quantitative estimate of drug-likeness (QED) is 0.678. The van der Waals surface area contributed by atoms with Crippen molar-refractivity contribution < 1.29 is 19.2 Å². The summed E-state index contributed by atoms with van der Waals surface area (Å²) >= 11 is 5.80. The van der Waals surface area contributed by atoms with Gasteiger partial charge in [0.05, 0.1) is 11.5 Å². The van der Waals surface area contributed by atoms with Gasteiger partial charge in [-0.2, -0.15) is 4.39 Å². The van der Waals surface area contributed by atoms with Crippen LogP contribution in [-0.4, -0.2) is 10.0 Å². The average molecular weight is 312 g/mol. The van der Waals surface area contributed by atoms with Gasteiger partial charge in [0, 0.05) is 16.7 Å². The van der Waals surface area contributed by atoms with Crippen molar-refractivity contribution in [3.05, 3.63) is 68.5 Å². The second-order valence-electron chi connectivity index (χ2n) is 4.24. The highest BCUT2D eigenvalue weighted by atomic mass is 35.5. The Labute approximate surface area is 124 Å². The van der Waals surface area contributed by atoms with Crippen LogP contribution in [0.5, 0.6) is 5.75 Å². The van der Waals surface area contributed by atoms with Crippen molar-refractivity contribution in [2.24, 2.45) is 0 Å². The maximum absolute atomic E-state index is 13.5. The van der Waals surface area contributed by atoms with Gasteiger partial charge in [-0.15, -0.1) is 0 Å². The molecule has 0 aromatic heterocycles. The molecule has 0 fully saturated rings. The standard InChI is InChI=1S/C14H11ClFNO4/c15-11-2-4-14(10(6-11)7-18)21-8-9-1-3-13(17(19)20)12(16)5-9/h1-6,18H,7-8H2. The van der Waals surface area contributed by atoms with E-state index in [0.29, 0.717) is 21.9 Å². The molecular formula is C14H11ClFNO4. The minimum atomic E-state index is -0.917. The van der Waals surface area contributed by atoms with Gasteiger partial charge in [0.15, 0.2) is 0 Å². The number of halogens is 2. The summed E-state index contributed by atoms with van der Waals surface area (Å²) in [5.74, 6) is -0.500. The fourth-order valence-corrected chi connectivity index (χ4v) is 1.96. The number of aliphatic hydroxyl groups excluding tert-OH is 1. The summed E-state index contributed by atoms with van der Waals surface area (Å²) in [5, 5.41) is 20.2. The van der Waals surface area contributed by atoms with Gasteiger partial charge >= 0.3 is 5.69 Å². The summed E-state index contributed by atoms with van der Waals surface area (Å²) in [4.78, 5) is 9.73. The highest BCUT2D eigenvalue weighted by Crippen LogP contribution is 2.24. The van der Waals surface area contributed by atoms with E-state index in [2.05, 4.69) is 0 Å². The molecule has 0 saturated carbocycles. The van der Waals surface area contributed by atoms with Gasteiger partial charge in [-0.25, -0.2) is 0 Å². The van der Waals surface area contributed by atoms with Crippen molar-refractivity contribution in [2.45, 2.75) is 13.2 Å². The highest BCUT2D eigenvalue weighted by molar-refractivity contribution is 6.30. The van der Waals surface area contributed by atoms with Crippen molar-refractivity contribution in [1.82, 2.24) is 0 Å². The van der Waals surface area contributed by atoms with E-state index in [-0.39, 0.29) is 13.2 Å². The molecule has 1 N–H and O–H groups in total. The number of hydrogen-bond donors (Lipinski definition) is 1. The van der Waals surface area contributed by atoms with Crippen molar-refractivity contribution >= 4 is 17.3 Å². The maximum Gasteiger partial charge on any atom is 0.304 e. The van der Waals surface area contributed by atoms with E-state index in [0.717, 1.165) is 12.1 Å². The van der Waals surface area contributed by atoms with E-state index >= 15 is 0 Å². The molecule has 21 heavy (non-hydrogen) atoms. The van der Waals surface area contributed by atoms with Crippen molar-refractivity contribution in [1.29, 1.82) is 0 Å². The van der Waals surface area contributed by atoms with Gasteiger partial charge in [-0.3, -0.25) is 10.1 Å². The van der Waals surface area contributed by atoms with E-state index in [9.17, 15) is 19.6 Å². The molecular weight excluding hydrogens is 301 g/mol. The third-order valence-electron chi connectivity index (χ3n) is 2.80. The Bertz CT molecular complexity index is 678. The van der Waals surface area contributed by atoms with E-state index < -0.39 is 16.4 Å². The molecule has 0 atom stereocenters. The third kappa shape index (κ3) is 3.68. The van der Waals surface area contributed by atoms with Crippen LogP contribution in [0.1, 0.15) is 11.1 Å². The average Bonchev–Trinajstić information content (AvgIpc) is 2.45. The number of aliphatic hydroxyl groups is 1. The van der Waals surface area contributed by atoms with E-state index in [1.54, 1.807) is 18.2 Å². The molecule has 0 amide bonds. The molecule has 0 bridgehead atoms. The minimum Gasteiger partial charge on any atom is -0.489 e. The van der Waals surface area contributed by atoms with Crippen LogP contribution < -0.4 is 4.74 Å². The lowest BCUT2D eigenvalue weighted by Crippen LogP contribution is -2.00. The summed E-state index contributed by atoms with van der Waals surface area (Å²) < 4.78 is 18.9. The molecule has 2 aromatic rings. The molecule has 0 aliphatic rings. The summed E-state index contributed by atoms with van der Waals surface area (Å²) in [5.41, 5.74) is 0.364. The first-order chi connectivity index (χ1) is 10.0. The third-order valence-corrected chi connectivity index (χ3v) is 3.03. The Morgan fingerprint density at radius 1 is 1.29 bits per heavy atom. The summed E-state index contributed by atoms with van der Waals surface area (Å²) in [6.45, 7) is -0.228. The zero-order chi connectivity index (χ0) is 15.4. The van der Waals surface area contributed by atoms with Gasteiger partial charge in [0.2, 0.25) is 5.82 Å². The molecule has 5 nitrogen and oxygen atoms in total. The lowest BCUT2D eigenvalue weighted by atomic mass is 10.2. The molecule has 7 heteroatoms. The maximum atomic E-state index is 13.5. The Morgan fingerprint density at radius 2 is 2.05 bits per heavy atom. The lowest BCUT2D eigenvalue weighted by Gasteiger charge is -2.10. The van der Waals surface area contributed by atoms with E-state index in [4.69, 9.17) is 16.3 Å². The first-order valence-electron chi connectivity index (χ1n) is 5.96. The SMILES string of the molecule is O=[N+]([O-])c1ccc(COc2ccc(Cl)cc2CO)cc1F. The van der Waals surface area contributed by atoms with Crippen LogP contribution in [0.4, 0.5) is 10.1 Å². The summed E-state index contributed by atoms with van der Waals surface area (Å²) in [7, 11) is 0. The minimum absolute atomic E-state index is 0.0174. The zero-order valence-electron chi connectivity index (χ0n) is 10.8. The molecule has 0 aliphatic heterocycles. The first kappa shape index (κ1) is 15.2. The smallest absolute Gasteiger partial charge is 0.304 e. The van der Waals surface area contributed by atoms with Crippen molar-refractivity contribution in [3.63, 3.8) is 0 Å². The molecule has 0 spiro atoms. The van der Waals surface area contributed by atoms with Crippen LogP contribution >= 0.6 is 11.6 Å². The fraction of sp³-hybridized carbons (Fsp3) is 0.143. The Morgan fingerprint density at radius 3 is 2.67 bits per heavy atom. The molecule has 110 valence electrons. The van der Waals surface area contributed by atoms with Crippen LogP contribution in [-0.2, 0) is 13.2 Å². The van der Waals surface area contributed by atoms with Gasteiger partial charge in [0.1, 0.15) is 12.4 Å². The first-order valence-corrected chi connectivity index (χ1v) is 6.34. The number of nitro benzene ring substituents is 1. The summed E-state index contributed by atoms with van der Waals surface area (Å²) in [6, 6.07) is 8.31. The largest absolute Gasteiger partial charge is 0.489 e. The van der Waals surface area contributed by atoms with Gasteiger partial charge in [-0.1, -0.05) is 11.6 Å². The number of nitrogens with zero attached hydrogens (tertiary/aromatic N) is 1. The predicted molar refractivity (Wildman–Crippen MR) is 74.8 cm³/mol. The molecule has 0 aliphatic carbocycles. The number of benzene rings is 2. The molecule has 0 saturated heterocycles. The fourth-order valence-electron chi connectivity index (χ4n) is 1.76. The molecule has 2 rings (SSSR count). The normalized spacial score (nSPS) is 10.4. The number of nitro groups is 1. The Balaban J connectivity index is 2.13. The molecule has 0 heterocycles. The number of hydrogen-bond acceptors (Lipinski definition) is 4. The van der Waals surface area contributed by atoms with E-state index in [1.165, 1.54) is 6.07 Å². The van der Waals surface area contributed by atoms with Crippen LogP contribution in [0.3, 0.4) is 0 Å². The Kier molecular flexibility index (Phi) is 4.72. The van der Waals surface area contributed by atoms with Crippen LogP contribution in [0.15, 0.2) is 36.4 Å². The highest BCUT2D eigenvalue weighted by Gasteiger charge is 2.14. The van der Waals surface area contributed by atoms with E-state index in [1.807, 2.05) is 0 Å². The number of rotatable bonds is 5. The topological polar surface area (TPSA) is 72.6 Å². The molecule has 0 unspecified atom stereocenters. The second kappa shape index (κ2) is 6.51. The Hall–Kier alpha value is -2.18. The lowest BCUT2D eigenvalue weighted by molar-refractivity contribution is -0.387. The zero-order valence-corrected chi connectivity index (χ0v) is 11.5. The number of ether oxygens (including phenoxy) is 1. The van der Waals surface area contributed by atoms with Gasteiger partial charge in [0.25, 0.3) is 0 Å². The van der Waals surface area contributed by atoms with Crippen LogP contribution in [0.2, 0.25) is 5.02 Å². The van der Waals surface area contributed by atoms with Gasteiger partial charge in [-0.05, 0) is 35.9 Å². The molecule has 2 aromatic carbocycles. The second-order valence-corrected chi connectivity index (χ2v) is 4.68. The molecule has 0 radical (unpaired) electrons. The van der Waals surface area contributed by atoms with Crippen LogP contribution in [0.25, 0.3) is 0 Å². The predicted octanol–water partition coefficient (Wildman–Crippen LogP) is 3.46. The monoisotopic (exact) mass is 311 g/mol. The summed E-state index contributed by atoms with van der Waals surface area (Å²) in [6.07, 6.45) is 0. The van der Waals surface area contributed by atoms with Gasteiger partial charge < -0.3 is 9.84 Å².